The van der Waals surface area contributed by atoms with E-state index < -0.39 is 0 Å². The zero-order valence-corrected chi connectivity index (χ0v) is 20.1. The number of nitrogens with two attached hydrogens (primary N) is 1. The molecule has 4 aromatic carbocycles. The van der Waals surface area contributed by atoms with E-state index in [1.165, 1.54) is 44.5 Å². The fraction of sp³-hybridized carbons (Fsp3) is 0.194. The number of nitrogens with one attached hydrogen (secondary N) is 1. The predicted molar refractivity (Wildman–Crippen MR) is 145 cm³/mol. The molecule has 34 heavy (non-hydrogen) atoms. The van der Waals surface area contributed by atoms with Crippen molar-refractivity contribution in [3.63, 3.8) is 0 Å². The SMILES string of the molecule is NC1c2ccccc2CCc2ccccc21.S=CNC1c2ccccc2CCc2ccccc21. The lowest BCUT2D eigenvalue weighted by Crippen LogP contribution is -2.21. The molecule has 0 aliphatic heterocycles. The van der Waals surface area contributed by atoms with Crippen LogP contribution < -0.4 is 11.1 Å². The summed E-state index contributed by atoms with van der Waals surface area (Å²) in [7, 11) is 0. The highest BCUT2D eigenvalue weighted by Crippen LogP contribution is 2.32. The number of fused-ring (bicyclic) bond motifs is 4. The Labute approximate surface area is 207 Å². The average molecular weight is 463 g/mol. The van der Waals surface area contributed by atoms with Crippen LogP contribution in [0.1, 0.15) is 56.6 Å². The molecule has 2 aliphatic carbocycles. The third kappa shape index (κ3) is 4.54. The van der Waals surface area contributed by atoms with E-state index in [4.69, 9.17) is 18.0 Å². The molecule has 0 bridgehead atoms. The standard InChI is InChI=1S/C16H15NS.C15H15N/c18-11-17-16-14-7-3-1-5-12(14)9-10-13-6-2-4-8-15(13)16;16-15-13-7-3-1-5-11(13)9-10-12-6-2-4-8-14(12)15/h1-8,11,16H,9-10H2,(H,17,18);1-8,15H,9-10,16H2. The van der Waals surface area contributed by atoms with E-state index in [9.17, 15) is 0 Å². The number of aryl methyl sites for hydroxylation is 4. The molecule has 0 saturated heterocycles. The summed E-state index contributed by atoms with van der Waals surface area (Å²) < 4.78 is 0. The smallest absolute Gasteiger partial charge is 0.0774 e. The van der Waals surface area contributed by atoms with Crippen molar-refractivity contribution < 1.29 is 0 Å². The van der Waals surface area contributed by atoms with E-state index >= 15 is 0 Å². The summed E-state index contributed by atoms with van der Waals surface area (Å²) in [6, 6.07) is 34.6. The highest BCUT2D eigenvalue weighted by molar-refractivity contribution is 7.78. The fourth-order valence-electron chi connectivity index (χ4n) is 5.34. The van der Waals surface area contributed by atoms with E-state index in [2.05, 4.69) is 102 Å². The minimum Gasteiger partial charge on any atom is -0.371 e. The van der Waals surface area contributed by atoms with Gasteiger partial charge in [0, 0.05) is 0 Å². The van der Waals surface area contributed by atoms with Crippen LogP contribution in [0.4, 0.5) is 0 Å². The van der Waals surface area contributed by atoms with Crippen LogP contribution in [-0.4, -0.2) is 5.49 Å². The summed E-state index contributed by atoms with van der Waals surface area (Å²) in [5.41, 5.74) is 18.9. The lowest BCUT2D eigenvalue weighted by atomic mass is 9.95. The van der Waals surface area contributed by atoms with Crippen LogP contribution in [0.3, 0.4) is 0 Å². The molecule has 2 nitrogen and oxygen atoms in total. The van der Waals surface area contributed by atoms with Crippen LogP contribution >= 0.6 is 12.2 Å². The second-order valence-corrected chi connectivity index (χ2v) is 9.23. The first-order chi connectivity index (χ1) is 16.8. The summed E-state index contributed by atoms with van der Waals surface area (Å²) in [6.07, 6.45) is 4.40. The van der Waals surface area contributed by atoms with Gasteiger partial charge < -0.3 is 11.1 Å². The Hall–Kier alpha value is -3.27. The van der Waals surface area contributed by atoms with Gasteiger partial charge >= 0.3 is 0 Å². The van der Waals surface area contributed by atoms with E-state index in [1.807, 2.05) is 0 Å². The van der Waals surface area contributed by atoms with E-state index in [1.54, 1.807) is 5.49 Å². The van der Waals surface area contributed by atoms with Gasteiger partial charge in [-0.05, 0) is 70.2 Å². The molecule has 4 aromatic rings. The van der Waals surface area contributed by atoms with Crippen LogP contribution in [-0.2, 0) is 25.7 Å². The molecule has 0 atom stereocenters. The van der Waals surface area contributed by atoms with Crippen molar-refractivity contribution in [2.24, 2.45) is 5.73 Å². The Morgan fingerprint density at radius 1 is 0.559 bits per heavy atom. The van der Waals surface area contributed by atoms with Crippen LogP contribution in [0, 0.1) is 0 Å². The van der Waals surface area contributed by atoms with Gasteiger partial charge in [0.25, 0.3) is 0 Å². The van der Waals surface area contributed by atoms with E-state index in [0.29, 0.717) is 0 Å². The van der Waals surface area contributed by atoms with Gasteiger partial charge in [-0.25, -0.2) is 0 Å². The molecule has 6 rings (SSSR count). The maximum Gasteiger partial charge on any atom is 0.0774 e. The Kier molecular flexibility index (Phi) is 6.84. The summed E-state index contributed by atoms with van der Waals surface area (Å²) >= 11 is 5.00. The van der Waals surface area contributed by atoms with E-state index in [0.717, 1.165) is 25.7 Å². The van der Waals surface area contributed by atoms with Gasteiger partial charge in [-0.15, -0.1) is 0 Å². The van der Waals surface area contributed by atoms with Crippen molar-refractivity contribution in [3.8, 4) is 0 Å². The first kappa shape index (κ1) is 22.5. The lowest BCUT2D eigenvalue weighted by Gasteiger charge is -2.20. The van der Waals surface area contributed by atoms with Crippen LogP contribution in [0.2, 0.25) is 0 Å². The molecule has 0 unspecified atom stereocenters. The molecule has 0 fully saturated rings. The van der Waals surface area contributed by atoms with Gasteiger partial charge in [-0.2, -0.15) is 0 Å². The van der Waals surface area contributed by atoms with Crippen molar-refractivity contribution in [1.29, 1.82) is 0 Å². The number of hydrogen-bond donors (Lipinski definition) is 2. The summed E-state index contributed by atoms with van der Waals surface area (Å²) in [6.45, 7) is 0. The second-order valence-electron chi connectivity index (χ2n) is 8.99. The predicted octanol–water partition coefficient (Wildman–Crippen LogP) is 6.25. The Bertz CT molecular complexity index is 1200. The minimum atomic E-state index is 0.0369. The molecule has 0 aromatic heterocycles. The molecule has 3 heteroatoms. The Balaban J connectivity index is 0.000000142. The zero-order chi connectivity index (χ0) is 23.3. The van der Waals surface area contributed by atoms with Crippen LogP contribution in [0.5, 0.6) is 0 Å². The topological polar surface area (TPSA) is 38.0 Å². The number of rotatable bonds is 2. The van der Waals surface area contributed by atoms with Gasteiger partial charge in [0.15, 0.2) is 0 Å². The van der Waals surface area contributed by atoms with Crippen molar-refractivity contribution in [1.82, 2.24) is 5.32 Å². The monoisotopic (exact) mass is 462 g/mol. The number of benzene rings is 4. The maximum absolute atomic E-state index is 6.36. The number of thiocarbonyl (C=S) groups is 1. The molecular formula is C31H30N2S. The first-order valence-corrected chi connectivity index (χ1v) is 12.5. The van der Waals surface area contributed by atoms with Crippen LogP contribution in [0.15, 0.2) is 97.1 Å². The van der Waals surface area contributed by atoms with Gasteiger partial charge in [0.1, 0.15) is 0 Å². The maximum atomic E-state index is 6.36. The zero-order valence-electron chi connectivity index (χ0n) is 19.3. The van der Waals surface area contributed by atoms with Gasteiger partial charge in [-0.1, -0.05) is 109 Å². The summed E-state index contributed by atoms with van der Waals surface area (Å²) in [4.78, 5) is 0. The average Bonchev–Trinajstić information content (AvgIpc) is 3.14. The molecule has 3 N–H and O–H groups in total. The lowest BCUT2D eigenvalue weighted by molar-refractivity contribution is 0.774. The van der Waals surface area contributed by atoms with Gasteiger partial charge in [0.05, 0.1) is 17.6 Å². The van der Waals surface area contributed by atoms with Gasteiger partial charge in [-0.3, -0.25) is 0 Å². The largest absolute Gasteiger partial charge is 0.371 e. The molecule has 0 radical (unpaired) electrons. The first-order valence-electron chi connectivity index (χ1n) is 12.0. The minimum absolute atomic E-state index is 0.0369. The quantitative estimate of drug-likeness (QED) is 0.346. The van der Waals surface area contributed by atoms with Crippen LogP contribution in [0.25, 0.3) is 0 Å². The molecule has 0 amide bonds. The second kappa shape index (κ2) is 10.3. The van der Waals surface area contributed by atoms with Gasteiger partial charge in [0.2, 0.25) is 0 Å². The normalized spacial score (nSPS) is 14.6. The molecule has 170 valence electrons. The summed E-state index contributed by atoms with van der Waals surface area (Å²) in [5.74, 6) is 0. The van der Waals surface area contributed by atoms with Crippen molar-refractivity contribution in [3.05, 3.63) is 142 Å². The Morgan fingerprint density at radius 3 is 1.26 bits per heavy atom. The molecular weight excluding hydrogens is 432 g/mol. The van der Waals surface area contributed by atoms with Crippen molar-refractivity contribution >= 4 is 17.7 Å². The molecule has 2 aliphatic rings. The van der Waals surface area contributed by atoms with E-state index in [-0.39, 0.29) is 12.1 Å². The highest BCUT2D eigenvalue weighted by Gasteiger charge is 2.22. The highest BCUT2D eigenvalue weighted by atomic mass is 32.1. The summed E-state index contributed by atoms with van der Waals surface area (Å²) in [5, 5.41) is 3.33. The molecule has 0 saturated carbocycles. The Morgan fingerprint density at radius 2 is 0.882 bits per heavy atom. The van der Waals surface area contributed by atoms with Crippen molar-refractivity contribution in [2.45, 2.75) is 37.8 Å². The third-order valence-corrected chi connectivity index (χ3v) is 7.21. The number of hydrogen-bond acceptors (Lipinski definition) is 2. The fourth-order valence-corrected chi connectivity index (χ4v) is 5.47. The third-order valence-electron chi connectivity index (χ3n) is 7.07. The molecule has 0 heterocycles. The molecule has 0 spiro atoms. The van der Waals surface area contributed by atoms with Crippen molar-refractivity contribution in [2.75, 3.05) is 0 Å².